The van der Waals surface area contributed by atoms with Gasteiger partial charge in [0.15, 0.2) is 0 Å². The summed E-state index contributed by atoms with van der Waals surface area (Å²) in [4.78, 5) is 18.5. The smallest absolute Gasteiger partial charge is 0.262 e. The lowest BCUT2D eigenvalue weighted by Crippen LogP contribution is -2.49. The van der Waals surface area contributed by atoms with Gasteiger partial charge in [-0.3, -0.25) is 14.4 Å². The topological polar surface area (TPSA) is 78.9 Å². The number of anilines is 3. The van der Waals surface area contributed by atoms with Gasteiger partial charge >= 0.3 is 0 Å². The van der Waals surface area contributed by atoms with Gasteiger partial charge in [-0.25, -0.2) is 8.42 Å². The van der Waals surface area contributed by atoms with Crippen LogP contribution in [0.2, 0.25) is 0 Å². The van der Waals surface area contributed by atoms with Crippen LogP contribution in [0, 0.1) is 13.8 Å². The van der Waals surface area contributed by atoms with E-state index in [-0.39, 0.29) is 10.8 Å². The van der Waals surface area contributed by atoms with Gasteiger partial charge in [0.05, 0.1) is 23.3 Å². The molecule has 1 amide bonds. The number of ether oxygens (including phenoxy) is 1. The van der Waals surface area contributed by atoms with Gasteiger partial charge in [-0.05, 0) is 79.6 Å². The fourth-order valence-electron chi connectivity index (χ4n) is 5.56. The standard InChI is InChI=1S/C36H33N3O4S/c1-25-12-16-30(17-13-25)39-35(28-11-7-8-26(2)22-28)38(24-27-9-5-4-6-10-27)34-21-20-32(23-33(34)36(39)40)44(41,42)37-29-14-18-31(43-3)19-15-29/h4-23,35,37H,24H2,1-3H3/t35-/m1/s1. The third kappa shape index (κ3) is 5.76. The highest BCUT2D eigenvalue weighted by atomic mass is 32.2. The Hall–Kier alpha value is -5.08. The molecular weight excluding hydrogens is 570 g/mol. The first-order valence-corrected chi connectivity index (χ1v) is 15.8. The van der Waals surface area contributed by atoms with Crippen LogP contribution in [0.15, 0.2) is 126 Å². The van der Waals surface area contributed by atoms with E-state index in [4.69, 9.17) is 4.74 Å². The van der Waals surface area contributed by atoms with Crippen molar-refractivity contribution < 1.29 is 17.9 Å². The van der Waals surface area contributed by atoms with E-state index < -0.39 is 16.2 Å². The van der Waals surface area contributed by atoms with Gasteiger partial charge in [0.2, 0.25) is 0 Å². The molecule has 0 saturated carbocycles. The van der Waals surface area contributed by atoms with Gasteiger partial charge in [0.25, 0.3) is 15.9 Å². The average molecular weight is 604 g/mol. The van der Waals surface area contributed by atoms with Crippen molar-refractivity contribution in [1.29, 1.82) is 0 Å². The van der Waals surface area contributed by atoms with Crippen molar-refractivity contribution in [2.75, 3.05) is 21.6 Å². The summed E-state index contributed by atoms with van der Waals surface area (Å²) < 4.78 is 34.9. The normalized spacial score (nSPS) is 14.7. The maximum Gasteiger partial charge on any atom is 0.262 e. The van der Waals surface area contributed by atoms with Gasteiger partial charge in [0.1, 0.15) is 11.9 Å². The maximum atomic E-state index is 14.5. The molecule has 1 atom stereocenters. The quantitative estimate of drug-likeness (QED) is 0.199. The van der Waals surface area contributed by atoms with E-state index in [1.54, 1.807) is 48.4 Å². The lowest BCUT2D eigenvalue weighted by atomic mass is 9.98. The lowest BCUT2D eigenvalue weighted by molar-refractivity contribution is 0.0968. The molecule has 5 aromatic carbocycles. The molecule has 0 unspecified atom stereocenters. The van der Waals surface area contributed by atoms with E-state index >= 15 is 0 Å². The summed E-state index contributed by atoms with van der Waals surface area (Å²) in [6.07, 6.45) is -0.474. The number of aryl methyl sites for hydroxylation is 2. The average Bonchev–Trinajstić information content (AvgIpc) is 3.03. The highest BCUT2D eigenvalue weighted by molar-refractivity contribution is 7.92. The minimum absolute atomic E-state index is 0.00191. The summed E-state index contributed by atoms with van der Waals surface area (Å²) >= 11 is 0. The Morgan fingerprint density at radius 3 is 2.18 bits per heavy atom. The van der Waals surface area contributed by atoms with Gasteiger partial charge in [-0.15, -0.1) is 0 Å². The molecule has 7 nitrogen and oxygen atoms in total. The highest BCUT2D eigenvalue weighted by Gasteiger charge is 2.40. The summed E-state index contributed by atoms with van der Waals surface area (Å²) in [5.41, 5.74) is 6.26. The van der Waals surface area contributed by atoms with Gasteiger partial charge in [-0.2, -0.15) is 0 Å². The van der Waals surface area contributed by atoms with Crippen LogP contribution in [0.1, 0.15) is 38.8 Å². The molecule has 5 aromatic rings. The molecule has 0 aromatic heterocycles. The van der Waals surface area contributed by atoms with Gasteiger partial charge in [-0.1, -0.05) is 77.9 Å². The Labute approximate surface area is 258 Å². The molecule has 1 aliphatic heterocycles. The summed E-state index contributed by atoms with van der Waals surface area (Å²) in [5, 5.41) is 0. The van der Waals surface area contributed by atoms with Crippen LogP contribution in [0.3, 0.4) is 0 Å². The molecule has 1 N–H and O–H groups in total. The SMILES string of the molecule is COc1ccc(NS(=O)(=O)c2ccc3c(c2)C(=O)N(c2ccc(C)cc2)[C@H](c2cccc(C)c2)N3Cc2ccccc2)cc1. The molecule has 1 aliphatic rings. The van der Waals surface area contributed by atoms with Crippen molar-refractivity contribution in [2.24, 2.45) is 0 Å². The molecule has 0 bridgehead atoms. The van der Waals surface area contributed by atoms with Crippen LogP contribution < -0.4 is 19.3 Å². The minimum Gasteiger partial charge on any atom is -0.497 e. The minimum atomic E-state index is -4.01. The number of nitrogens with one attached hydrogen (secondary N) is 1. The number of carbonyl (C=O) groups is 1. The Balaban J connectivity index is 1.50. The van der Waals surface area contributed by atoms with Crippen LogP contribution in [0.4, 0.5) is 17.1 Å². The number of sulfonamides is 1. The third-order valence-electron chi connectivity index (χ3n) is 7.77. The number of amides is 1. The predicted molar refractivity (Wildman–Crippen MR) is 175 cm³/mol. The molecule has 0 spiro atoms. The van der Waals surface area contributed by atoms with Crippen LogP contribution in [-0.4, -0.2) is 21.4 Å². The number of methoxy groups -OCH3 is 1. The highest BCUT2D eigenvalue weighted by Crippen LogP contribution is 2.43. The Morgan fingerprint density at radius 2 is 1.50 bits per heavy atom. The molecule has 1 heterocycles. The number of nitrogens with zero attached hydrogens (tertiary/aromatic N) is 2. The van der Waals surface area contributed by atoms with Crippen molar-refractivity contribution in [3.05, 3.63) is 149 Å². The van der Waals surface area contributed by atoms with Gasteiger partial charge < -0.3 is 9.64 Å². The predicted octanol–water partition coefficient (Wildman–Crippen LogP) is 7.48. The fourth-order valence-corrected chi connectivity index (χ4v) is 6.65. The van der Waals surface area contributed by atoms with E-state index in [9.17, 15) is 13.2 Å². The maximum absolute atomic E-state index is 14.5. The lowest BCUT2D eigenvalue weighted by Gasteiger charge is -2.46. The van der Waals surface area contributed by atoms with Gasteiger partial charge in [0, 0.05) is 17.9 Å². The van der Waals surface area contributed by atoms with Crippen LogP contribution >= 0.6 is 0 Å². The largest absolute Gasteiger partial charge is 0.497 e. The van der Waals surface area contributed by atoms with Crippen LogP contribution in [-0.2, 0) is 16.6 Å². The number of hydrogen-bond donors (Lipinski definition) is 1. The second-order valence-corrected chi connectivity index (χ2v) is 12.6. The van der Waals surface area contributed by atoms with Crippen molar-refractivity contribution in [2.45, 2.75) is 31.5 Å². The summed E-state index contributed by atoms with van der Waals surface area (Å²) in [6.45, 7) is 4.54. The van der Waals surface area contributed by atoms with Crippen molar-refractivity contribution in [3.63, 3.8) is 0 Å². The molecule has 44 heavy (non-hydrogen) atoms. The number of rotatable bonds is 8. The first-order chi connectivity index (χ1) is 21.2. The molecule has 0 radical (unpaired) electrons. The molecule has 6 rings (SSSR count). The Morgan fingerprint density at radius 1 is 0.773 bits per heavy atom. The molecule has 8 heteroatoms. The van der Waals surface area contributed by atoms with Crippen molar-refractivity contribution in [3.8, 4) is 5.75 Å². The zero-order valence-electron chi connectivity index (χ0n) is 24.8. The number of benzene rings is 5. The Kier molecular flexibility index (Phi) is 7.84. The second kappa shape index (κ2) is 11.9. The molecule has 222 valence electrons. The number of carbonyl (C=O) groups excluding carboxylic acids is 1. The van der Waals surface area contributed by atoms with Crippen LogP contribution in [0.25, 0.3) is 0 Å². The fraction of sp³-hybridized carbons (Fsp3) is 0.139. The monoisotopic (exact) mass is 603 g/mol. The van der Waals surface area contributed by atoms with E-state index in [2.05, 4.69) is 27.8 Å². The zero-order chi connectivity index (χ0) is 30.8. The van der Waals surface area contributed by atoms with Crippen LogP contribution in [0.5, 0.6) is 5.75 Å². The first-order valence-electron chi connectivity index (χ1n) is 14.3. The van der Waals surface area contributed by atoms with E-state index in [1.165, 1.54) is 6.07 Å². The Bertz CT molecular complexity index is 1910. The van der Waals surface area contributed by atoms with Crippen molar-refractivity contribution >= 4 is 33.0 Å². The first kappa shape index (κ1) is 29.0. The second-order valence-electron chi connectivity index (χ2n) is 10.9. The molecule has 0 saturated heterocycles. The molecule has 0 aliphatic carbocycles. The van der Waals surface area contributed by atoms with E-state index in [0.29, 0.717) is 29.2 Å². The van der Waals surface area contributed by atoms with E-state index in [0.717, 1.165) is 27.9 Å². The summed E-state index contributed by atoms with van der Waals surface area (Å²) in [7, 11) is -2.46. The zero-order valence-corrected chi connectivity index (χ0v) is 25.6. The molecular formula is C36H33N3O4S. The summed E-state index contributed by atoms with van der Waals surface area (Å²) in [5.74, 6) is 0.339. The summed E-state index contributed by atoms with van der Waals surface area (Å²) in [6, 6.07) is 37.5. The molecule has 0 fully saturated rings. The third-order valence-corrected chi connectivity index (χ3v) is 9.15. The number of fused-ring (bicyclic) bond motifs is 1. The number of hydrogen-bond acceptors (Lipinski definition) is 5. The van der Waals surface area contributed by atoms with Crippen molar-refractivity contribution in [1.82, 2.24) is 0 Å². The van der Waals surface area contributed by atoms with E-state index in [1.807, 2.05) is 74.5 Å².